The van der Waals surface area contributed by atoms with Gasteiger partial charge in [-0.3, -0.25) is 0 Å². The number of ether oxygens (including phenoxy) is 1. The fourth-order valence-corrected chi connectivity index (χ4v) is 2.95. The topological polar surface area (TPSA) is 86.0 Å². The van der Waals surface area contributed by atoms with Gasteiger partial charge in [0.05, 0.1) is 12.7 Å². The van der Waals surface area contributed by atoms with E-state index < -0.39 is 0 Å². The quantitative estimate of drug-likeness (QED) is 0.683. The van der Waals surface area contributed by atoms with Crippen LogP contribution in [0.5, 0.6) is 5.75 Å². The highest BCUT2D eigenvalue weighted by Gasteiger charge is 2.37. The average molecular weight is 347 g/mol. The third-order valence-electron chi connectivity index (χ3n) is 4.50. The van der Waals surface area contributed by atoms with Crippen LogP contribution in [0.2, 0.25) is 0 Å². The van der Waals surface area contributed by atoms with Gasteiger partial charge in [-0.25, -0.2) is 4.98 Å². The van der Waals surface area contributed by atoms with Crippen LogP contribution in [0.15, 0.2) is 60.8 Å². The predicted molar refractivity (Wildman–Crippen MR) is 99.4 cm³/mol. The zero-order valence-electron chi connectivity index (χ0n) is 14.4. The van der Waals surface area contributed by atoms with E-state index >= 15 is 0 Å². The van der Waals surface area contributed by atoms with E-state index in [9.17, 15) is 0 Å². The van der Waals surface area contributed by atoms with E-state index in [1.807, 2.05) is 30.3 Å². The predicted octanol–water partition coefficient (Wildman–Crippen LogP) is 2.68. The van der Waals surface area contributed by atoms with Crippen LogP contribution in [-0.4, -0.2) is 21.2 Å². The maximum Gasteiger partial charge on any atom is 0.164 e. The highest BCUT2D eigenvalue weighted by Crippen LogP contribution is 2.41. The molecular weight excluding hydrogens is 326 g/mol. The van der Waals surface area contributed by atoms with Gasteiger partial charge in [-0.2, -0.15) is 0 Å². The first-order valence-electron chi connectivity index (χ1n) is 8.72. The Kier molecular flexibility index (Phi) is 4.75. The number of nitrogens with two attached hydrogens (primary N) is 1. The summed E-state index contributed by atoms with van der Waals surface area (Å²) >= 11 is 0. The molecule has 0 aliphatic heterocycles. The minimum absolute atomic E-state index is 0.340. The minimum Gasteiger partial charge on any atom is -0.489 e. The lowest BCUT2D eigenvalue weighted by Crippen LogP contribution is -2.19. The van der Waals surface area contributed by atoms with Crippen LogP contribution >= 0.6 is 0 Å². The Morgan fingerprint density at radius 3 is 2.58 bits per heavy atom. The standard InChI is InChI=1S/C20H21N5O/c21-19-11-23-20(25-24-19)12-22-18-10-17(18)15-6-8-16(9-7-15)26-13-14-4-2-1-3-5-14/h1-9,11,17-18,22H,10,12-13H2,(H2,21,24)/t17-,18+/m0/s1. The van der Waals surface area contributed by atoms with Crippen LogP contribution in [0, 0.1) is 0 Å². The Hall–Kier alpha value is -2.99. The van der Waals surface area contributed by atoms with Crippen molar-refractivity contribution < 1.29 is 4.74 Å². The summed E-state index contributed by atoms with van der Waals surface area (Å²) in [4.78, 5) is 4.16. The Morgan fingerprint density at radius 2 is 1.85 bits per heavy atom. The first kappa shape index (κ1) is 16.5. The third kappa shape index (κ3) is 4.15. The van der Waals surface area contributed by atoms with Crippen molar-refractivity contribution in [3.63, 3.8) is 0 Å². The van der Waals surface area contributed by atoms with Crippen LogP contribution in [0.25, 0.3) is 0 Å². The number of nitrogen functional groups attached to an aromatic ring is 1. The normalized spacial score (nSPS) is 18.5. The fourth-order valence-electron chi connectivity index (χ4n) is 2.95. The summed E-state index contributed by atoms with van der Waals surface area (Å²) in [5.74, 6) is 2.42. The minimum atomic E-state index is 0.340. The van der Waals surface area contributed by atoms with Gasteiger partial charge in [-0.05, 0) is 29.7 Å². The van der Waals surface area contributed by atoms with Gasteiger partial charge < -0.3 is 15.8 Å². The van der Waals surface area contributed by atoms with Crippen LogP contribution in [0.3, 0.4) is 0 Å². The first-order valence-corrected chi connectivity index (χ1v) is 8.72. The van der Waals surface area contributed by atoms with Crippen molar-refractivity contribution in [1.29, 1.82) is 0 Å². The zero-order chi connectivity index (χ0) is 17.8. The molecule has 1 aliphatic rings. The summed E-state index contributed by atoms with van der Waals surface area (Å²) in [6, 6.07) is 19.0. The summed E-state index contributed by atoms with van der Waals surface area (Å²) in [5, 5.41) is 11.2. The molecule has 1 fully saturated rings. The molecule has 26 heavy (non-hydrogen) atoms. The van der Waals surface area contributed by atoms with E-state index in [4.69, 9.17) is 10.5 Å². The molecule has 3 aromatic rings. The summed E-state index contributed by atoms with van der Waals surface area (Å²) in [6.07, 6.45) is 2.65. The molecule has 0 bridgehead atoms. The van der Waals surface area contributed by atoms with Crippen molar-refractivity contribution in [2.45, 2.75) is 31.5 Å². The van der Waals surface area contributed by atoms with Crippen molar-refractivity contribution in [2.75, 3.05) is 5.73 Å². The number of nitrogens with one attached hydrogen (secondary N) is 1. The smallest absolute Gasteiger partial charge is 0.164 e. The second-order valence-corrected chi connectivity index (χ2v) is 6.47. The number of rotatable bonds is 7. The van der Waals surface area contributed by atoms with Crippen LogP contribution in [0.1, 0.15) is 29.3 Å². The van der Waals surface area contributed by atoms with Crippen LogP contribution < -0.4 is 15.8 Å². The Balaban J connectivity index is 1.26. The van der Waals surface area contributed by atoms with E-state index in [0.717, 1.165) is 12.2 Å². The number of aromatic nitrogens is 3. The van der Waals surface area contributed by atoms with Crippen molar-refractivity contribution in [3.8, 4) is 5.75 Å². The molecule has 0 spiro atoms. The van der Waals surface area contributed by atoms with Gasteiger partial charge in [0, 0.05) is 12.0 Å². The lowest BCUT2D eigenvalue weighted by molar-refractivity contribution is 0.306. The third-order valence-corrected chi connectivity index (χ3v) is 4.50. The number of hydrogen-bond donors (Lipinski definition) is 2. The maximum absolute atomic E-state index is 5.84. The molecule has 2 atom stereocenters. The van der Waals surface area contributed by atoms with Crippen molar-refractivity contribution in [1.82, 2.24) is 20.5 Å². The molecule has 6 nitrogen and oxygen atoms in total. The molecule has 4 rings (SSSR count). The van der Waals surface area contributed by atoms with E-state index in [1.165, 1.54) is 17.3 Å². The Morgan fingerprint density at radius 1 is 1.04 bits per heavy atom. The van der Waals surface area contributed by atoms with Crippen molar-refractivity contribution in [3.05, 3.63) is 77.7 Å². The molecule has 1 aromatic heterocycles. The van der Waals surface area contributed by atoms with Crippen LogP contribution in [-0.2, 0) is 13.2 Å². The Bertz CT molecular complexity index is 836. The largest absolute Gasteiger partial charge is 0.489 e. The lowest BCUT2D eigenvalue weighted by atomic mass is 10.1. The molecular formula is C20H21N5O. The van der Waals surface area contributed by atoms with Gasteiger partial charge in [0.2, 0.25) is 0 Å². The SMILES string of the molecule is Nc1cnc(CN[C@@H]2C[C@H]2c2ccc(OCc3ccccc3)cc2)nn1. The molecule has 3 N–H and O–H groups in total. The number of anilines is 1. The molecule has 1 heterocycles. The number of hydrogen-bond acceptors (Lipinski definition) is 6. The summed E-state index contributed by atoms with van der Waals surface area (Å²) < 4.78 is 5.84. The molecule has 0 radical (unpaired) electrons. The van der Waals surface area contributed by atoms with E-state index in [0.29, 0.717) is 36.8 Å². The number of benzene rings is 2. The monoisotopic (exact) mass is 347 g/mol. The second kappa shape index (κ2) is 7.49. The maximum atomic E-state index is 5.84. The average Bonchev–Trinajstić information content (AvgIpc) is 3.47. The van der Waals surface area contributed by atoms with E-state index in [1.54, 1.807) is 0 Å². The summed E-state index contributed by atoms with van der Waals surface area (Å²) in [7, 11) is 0. The zero-order valence-corrected chi connectivity index (χ0v) is 14.4. The molecule has 0 saturated heterocycles. The lowest BCUT2D eigenvalue weighted by Gasteiger charge is -2.08. The molecule has 0 unspecified atom stereocenters. The summed E-state index contributed by atoms with van der Waals surface area (Å²) in [6.45, 7) is 1.19. The second-order valence-electron chi connectivity index (χ2n) is 6.47. The molecule has 0 amide bonds. The molecule has 132 valence electrons. The van der Waals surface area contributed by atoms with Gasteiger partial charge in [0.1, 0.15) is 12.4 Å². The first-order chi connectivity index (χ1) is 12.8. The van der Waals surface area contributed by atoms with Gasteiger partial charge in [-0.15, -0.1) is 10.2 Å². The van der Waals surface area contributed by atoms with Gasteiger partial charge in [0.25, 0.3) is 0 Å². The molecule has 2 aromatic carbocycles. The van der Waals surface area contributed by atoms with Gasteiger partial charge in [0.15, 0.2) is 11.6 Å². The van der Waals surface area contributed by atoms with Gasteiger partial charge in [-0.1, -0.05) is 42.5 Å². The Labute approximate surface area is 152 Å². The van der Waals surface area contributed by atoms with Gasteiger partial charge >= 0.3 is 0 Å². The highest BCUT2D eigenvalue weighted by molar-refractivity contribution is 5.34. The van der Waals surface area contributed by atoms with E-state index in [2.05, 4.69) is 44.8 Å². The molecule has 1 saturated carbocycles. The highest BCUT2D eigenvalue weighted by atomic mass is 16.5. The molecule has 6 heteroatoms. The molecule has 1 aliphatic carbocycles. The van der Waals surface area contributed by atoms with Crippen LogP contribution in [0.4, 0.5) is 5.82 Å². The fraction of sp³-hybridized carbons (Fsp3) is 0.250. The van der Waals surface area contributed by atoms with E-state index in [-0.39, 0.29) is 0 Å². The summed E-state index contributed by atoms with van der Waals surface area (Å²) in [5.41, 5.74) is 7.99. The number of nitrogens with zero attached hydrogens (tertiary/aromatic N) is 3. The van der Waals surface area contributed by atoms with Crippen molar-refractivity contribution >= 4 is 5.82 Å². The van der Waals surface area contributed by atoms with Crippen molar-refractivity contribution in [2.24, 2.45) is 0 Å².